The Labute approximate surface area is 83.0 Å². The van der Waals surface area contributed by atoms with E-state index < -0.39 is 0 Å². The molecule has 0 saturated heterocycles. The molecule has 1 aliphatic heterocycles. The summed E-state index contributed by atoms with van der Waals surface area (Å²) in [5.41, 5.74) is 1.54. The molecule has 0 aromatic carbocycles. The summed E-state index contributed by atoms with van der Waals surface area (Å²) in [6, 6.07) is 0. The highest BCUT2D eigenvalue weighted by Gasteiger charge is 2.41. The van der Waals surface area contributed by atoms with Crippen LogP contribution in [0.15, 0.2) is 10.5 Å². The van der Waals surface area contributed by atoms with Gasteiger partial charge < -0.3 is 0 Å². The van der Waals surface area contributed by atoms with Gasteiger partial charge in [-0.2, -0.15) is 0 Å². The second kappa shape index (κ2) is 2.88. The Bertz CT molecular complexity index is 292. The van der Waals surface area contributed by atoms with Gasteiger partial charge in [0, 0.05) is 11.7 Å². The average Bonchev–Trinajstić information content (AvgIpc) is 2.67. The van der Waals surface area contributed by atoms with E-state index in [2.05, 4.69) is 0 Å². The van der Waals surface area contributed by atoms with Crippen LogP contribution < -0.4 is 0 Å². The van der Waals surface area contributed by atoms with Crippen molar-refractivity contribution in [1.82, 2.24) is 0 Å². The third-order valence-corrected chi connectivity index (χ3v) is 5.18. The smallest absolute Gasteiger partial charge is 0.169 e. The molecule has 0 radical (unpaired) electrons. The molecule has 1 saturated carbocycles. The average molecular weight is 194 g/mol. The molecule has 2 unspecified atom stereocenters. The fraction of sp³-hybridized carbons (Fsp3) is 0.727. The van der Waals surface area contributed by atoms with E-state index in [9.17, 15) is 4.79 Å². The van der Waals surface area contributed by atoms with Gasteiger partial charge in [0.15, 0.2) is 5.78 Å². The lowest BCUT2D eigenvalue weighted by atomic mass is 9.83. The van der Waals surface area contributed by atoms with Gasteiger partial charge in [-0.1, -0.05) is 12.8 Å². The first-order valence-electron chi connectivity index (χ1n) is 5.29. The molecule has 3 rings (SSSR count). The lowest BCUT2D eigenvalue weighted by Gasteiger charge is -2.26. The monoisotopic (exact) mass is 194 g/mol. The van der Waals surface area contributed by atoms with Gasteiger partial charge in [-0.15, -0.1) is 11.8 Å². The fourth-order valence-corrected chi connectivity index (χ4v) is 4.63. The van der Waals surface area contributed by atoms with Crippen LogP contribution >= 0.6 is 11.8 Å². The summed E-state index contributed by atoms with van der Waals surface area (Å²) in [5.74, 6) is 1.23. The quantitative estimate of drug-likeness (QED) is 0.590. The van der Waals surface area contributed by atoms with E-state index in [4.69, 9.17) is 0 Å². The molecule has 1 heterocycles. The molecular weight excluding hydrogens is 180 g/mol. The molecule has 2 atom stereocenters. The molecule has 2 aliphatic carbocycles. The van der Waals surface area contributed by atoms with Crippen LogP contribution in [0.25, 0.3) is 0 Å². The number of hydrogen-bond donors (Lipinski definition) is 0. The zero-order valence-electron chi connectivity index (χ0n) is 7.71. The maximum Gasteiger partial charge on any atom is 0.169 e. The molecule has 3 aliphatic rings. The van der Waals surface area contributed by atoms with Crippen LogP contribution in [-0.4, -0.2) is 11.0 Å². The minimum atomic E-state index is 0.439. The summed E-state index contributed by atoms with van der Waals surface area (Å²) in [5, 5.41) is 0.781. The van der Waals surface area contributed by atoms with E-state index in [0.29, 0.717) is 5.78 Å². The van der Waals surface area contributed by atoms with Crippen molar-refractivity contribution in [1.29, 1.82) is 0 Å². The van der Waals surface area contributed by atoms with Gasteiger partial charge in [-0.05, 0) is 30.8 Å². The number of fused-ring (bicyclic) bond motifs is 2. The Morgan fingerprint density at radius 3 is 2.92 bits per heavy atom. The number of carbonyl (C=O) groups excluding carboxylic acids is 1. The van der Waals surface area contributed by atoms with E-state index in [1.54, 1.807) is 5.57 Å². The van der Waals surface area contributed by atoms with Gasteiger partial charge in [-0.3, -0.25) is 4.79 Å². The van der Waals surface area contributed by atoms with E-state index in [1.165, 1.54) is 30.6 Å². The summed E-state index contributed by atoms with van der Waals surface area (Å²) >= 11 is 1.90. The maximum absolute atomic E-state index is 11.5. The molecule has 1 nitrogen and oxygen atoms in total. The second-order valence-corrected chi connectivity index (χ2v) is 5.57. The number of ketones is 1. The standard InChI is InChI=1S/C11H14OS/c12-9-6-5-8-7-3-1-2-4-10(7)13-11(8)9/h7,10H,1-6H2. The van der Waals surface area contributed by atoms with Crippen LogP contribution in [0.3, 0.4) is 0 Å². The molecule has 0 aromatic heterocycles. The summed E-state index contributed by atoms with van der Waals surface area (Å²) in [6.45, 7) is 0. The van der Waals surface area contributed by atoms with Crippen LogP contribution in [0.4, 0.5) is 0 Å². The summed E-state index contributed by atoms with van der Waals surface area (Å²) < 4.78 is 0. The largest absolute Gasteiger partial charge is 0.294 e. The topological polar surface area (TPSA) is 17.1 Å². The molecule has 2 heteroatoms. The first kappa shape index (κ1) is 8.10. The third kappa shape index (κ3) is 1.11. The van der Waals surface area contributed by atoms with Crippen LogP contribution in [0.2, 0.25) is 0 Å². The Kier molecular flexibility index (Phi) is 1.79. The zero-order valence-corrected chi connectivity index (χ0v) is 8.53. The predicted molar refractivity (Wildman–Crippen MR) is 54.6 cm³/mol. The van der Waals surface area contributed by atoms with Crippen LogP contribution in [0.1, 0.15) is 38.5 Å². The lowest BCUT2D eigenvalue weighted by molar-refractivity contribution is -0.114. The Morgan fingerprint density at radius 2 is 2.00 bits per heavy atom. The van der Waals surface area contributed by atoms with Gasteiger partial charge in [-0.25, -0.2) is 0 Å². The van der Waals surface area contributed by atoms with E-state index in [-0.39, 0.29) is 0 Å². The number of Topliss-reactive ketones (excluding diaryl/α,β-unsaturated/α-hetero) is 1. The highest BCUT2D eigenvalue weighted by molar-refractivity contribution is 8.04. The van der Waals surface area contributed by atoms with Crippen molar-refractivity contribution in [3.63, 3.8) is 0 Å². The van der Waals surface area contributed by atoms with E-state index >= 15 is 0 Å². The fourth-order valence-electron chi connectivity index (χ4n) is 2.94. The molecule has 0 aromatic rings. The molecule has 13 heavy (non-hydrogen) atoms. The minimum Gasteiger partial charge on any atom is -0.294 e. The SMILES string of the molecule is O=C1CCC2=C1SC1CCCCC21. The van der Waals surface area contributed by atoms with Crippen molar-refractivity contribution < 1.29 is 4.79 Å². The van der Waals surface area contributed by atoms with Crippen molar-refractivity contribution >= 4 is 17.5 Å². The first-order valence-corrected chi connectivity index (χ1v) is 6.17. The highest BCUT2D eigenvalue weighted by atomic mass is 32.2. The molecule has 0 amide bonds. The number of hydrogen-bond acceptors (Lipinski definition) is 2. The first-order chi connectivity index (χ1) is 6.36. The van der Waals surface area contributed by atoms with Crippen LogP contribution in [-0.2, 0) is 4.79 Å². The van der Waals surface area contributed by atoms with Crippen molar-refractivity contribution in [2.45, 2.75) is 43.8 Å². The van der Waals surface area contributed by atoms with Gasteiger partial charge >= 0.3 is 0 Å². The van der Waals surface area contributed by atoms with E-state index in [0.717, 1.165) is 24.0 Å². The second-order valence-electron chi connectivity index (χ2n) is 4.32. The molecule has 0 bridgehead atoms. The van der Waals surface area contributed by atoms with Gasteiger partial charge in [0.1, 0.15) is 0 Å². The van der Waals surface area contributed by atoms with Gasteiger partial charge in [0.25, 0.3) is 0 Å². The molecule has 0 N–H and O–H groups in total. The number of allylic oxidation sites excluding steroid dienone is 2. The van der Waals surface area contributed by atoms with Crippen molar-refractivity contribution in [2.24, 2.45) is 5.92 Å². The van der Waals surface area contributed by atoms with Crippen LogP contribution in [0.5, 0.6) is 0 Å². The molecule has 1 fully saturated rings. The highest BCUT2D eigenvalue weighted by Crippen LogP contribution is 2.53. The Morgan fingerprint density at radius 1 is 1.15 bits per heavy atom. The summed E-state index contributed by atoms with van der Waals surface area (Å²) in [4.78, 5) is 12.7. The van der Waals surface area contributed by atoms with E-state index in [1.807, 2.05) is 11.8 Å². The minimum absolute atomic E-state index is 0.439. The molecular formula is C11H14OS. The maximum atomic E-state index is 11.5. The lowest BCUT2D eigenvalue weighted by Crippen LogP contribution is -2.19. The summed E-state index contributed by atoms with van der Waals surface area (Å²) in [7, 11) is 0. The Balaban J connectivity index is 1.92. The third-order valence-electron chi connectivity index (χ3n) is 3.59. The predicted octanol–water partition coefficient (Wildman–Crippen LogP) is 2.91. The molecule has 0 spiro atoms. The van der Waals surface area contributed by atoms with Gasteiger partial charge in [0.2, 0.25) is 0 Å². The number of carbonyl (C=O) groups is 1. The normalized spacial score (nSPS) is 38.0. The van der Waals surface area contributed by atoms with Crippen LogP contribution in [0, 0.1) is 5.92 Å². The zero-order chi connectivity index (χ0) is 8.84. The van der Waals surface area contributed by atoms with Gasteiger partial charge in [0.05, 0.1) is 4.91 Å². The molecule has 70 valence electrons. The number of thioether (sulfide) groups is 1. The Hall–Kier alpha value is -0.240. The van der Waals surface area contributed by atoms with Crippen molar-refractivity contribution in [2.75, 3.05) is 0 Å². The van der Waals surface area contributed by atoms with Crippen molar-refractivity contribution in [3.8, 4) is 0 Å². The number of rotatable bonds is 0. The summed E-state index contributed by atoms with van der Waals surface area (Å²) in [6.07, 6.45) is 7.35. The van der Waals surface area contributed by atoms with Crippen molar-refractivity contribution in [3.05, 3.63) is 10.5 Å².